The van der Waals surface area contributed by atoms with Gasteiger partial charge in [-0.2, -0.15) is 5.26 Å². The van der Waals surface area contributed by atoms with Crippen molar-refractivity contribution in [1.29, 1.82) is 5.26 Å². The first kappa shape index (κ1) is 11.6. The van der Waals surface area contributed by atoms with Gasteiger partial charge in [0.05, 0.1) is 6.04 Å². The molecule has 0 spiro atoms. The highest BCUT2D eigenvalue weighted by atomic mass is 16.2. The van der Waals surface area contributed by atoms with E-state index in [-0.39, 0.29) is 11.9 Å². The van der Waals surface area contributed by atoms with Crippen molar-refractivity contribution in [2.45, 2.75) is 25.4 Å². The summed E-state index contributed by atoms with van der Waals surface area (Å²) in [6.45, 7) is 1.35. The first-order valence-electron chi connectivity index (χ1n) is 5.66. The Labute approximate surface area is 99.9 Å². The van der Waals surface area contributed by atoms with Crippen molar-refractivity contribution in [1.82, 2.24) is 15.6 Å². The number of nitrogens with zero attached hydrogens (tertiary/aromatic N) is 2. The van der Waals surface area contributed by atoms with Crippen LogP contribution in [0.25, 0.3) is 0 Å². The molecule has 1 saturated heterocycles. The van der Waals surface area contributed by atoms with Crippen molar-refractivity contribution in [3.63, 3.8) is 0 Å². The summed E-state index contributed by atoms with van der Waals surface area (Å²) in [4.78, 5) is 15.4. The standard InChI is InChI=1S/C12H14N4O/c13-7-10-6-9(3-5-14-10)8-16-11-2-1-4-15-12(11)17/h3,5-6,11,16H,1-2,4,8H2,(H,15,17). The Balaban J connectivity index is 1.93. The van der Waals surface area contributed by atoms with E-state index in [0.29, 0.717) is 12.2 Å². The van der Waals surface area contributed by atoms with Crippen LogP contribution in [0.15, 0.2) is 18.3 Å². The molecule has 5 nitrogen and oxygen atoms in total. The van der Waals surface area contributed by atoms with Gasteiger partial charge in [-0.15, -0.1) is 0 Å². The van der Waals surface area contributed by atoms with E-state index in [9.17, 15) is 4.79 Å². The number of hydrogen-bond donors (Lipinski definition) is 2. The molecule has 0 aromatic carbocycles. The van der Waals surface area contributed by atoms with E-state index in [0.717, 1.165) is 24.9 Å². The lowest BCUT2D eigenvalue weighted by atomic mass is 10.1. The maximum atomic E-state index is 11.5. The zero-order valence-corrected chi connectivity index (χ0v) is 9.44. The molecule has 1 fully saturated rings. The highest BCUT2D eigenvalue weighted by molar-refractivity contribution is 5.82. The van der Waals surface area contributed by atoms with Gasteiger partial charge in [0.25, 0.3) is 0 Å². The van der Waals surface area contributed by atoms with E-state index in [1.165, 1.54) is 0 Å². The number of nitriles is 1. The van der Waals surface area contributed by atoms with Gasteiger partial charge >= 0.3 is 0 Å². The molecular formula is C12H14N4O. The largest absolute Gasteiger partial charge is 0.355 e. The molecule has 2 rings (SSSR count). The van der Waals surface area contributed by atoms with E-state index < -0.39 is 0 Å². The van der Waals surface area contributed by atoms with Crippen molar-refractivity contribution in [2.75, 3.05) is 6.54 Å². The third-order valence-electron chi connectivity index (χ3n) is 2.78. The van der Waals surface area contributed by atoms with Gasteiger partial charge in [-0.05, 0) is 30.5 Å². The van der Waals surface area contributed by atoms with Crippen LogP contribution in [0.2, 0.25) is 0 Å². The zero-order chi connectivity index (χ0) is 12.1. The van der Waals surface area contributed by atoms with Gasteiger partial charge in [0.15, 0.2) is 0 Å². The molecule has 0 aliphatic carbocycles. The summed E-state index contributed by atoms with van der Waals surface area (Å²) in [7, 11) is 0. The Kier molecular flexibility index (Phi) is 3.68. The molecule has 1 aromatic rings. The van der Waals surface area contributed by atoms with E-state index in [1.807, 2.05) is 12.1 Å². The van der Waals surface area contributed by atoms with Crippen LogP contribution in [0, 0.1) is 11.3 Å². The fourth-order valence-corrected chi connectivity index (χ4v) is 1.85. The number of rotatable bonds is 3. The van der Waals surface area contributed by atoms with Gasteiger partial charge in [-0.3, -0.25) is 4.79 Å². The number of carbonyl (C=O) groups excluding carboxylic acids is 1. The van der Waals surface area contributed by atoms with E-state index in [4.69, 9.17) is 5.26 Å². The fraction of sp³-hybridized carbons (Fsp3) is 0.417. The third-order valence-corrected chi connectivity index (χ3v) is 2.78. The number of amides is 1. The molecule has 1 aliphatic heterocycles. The Morgan fingerprint density at radius 2 is 2.53 bits per heavy atom. The van der Waals surface area contributed by atoms with Gasteiger partial charge in [0.1, 0.15) is 11.8 Å². The quantitative estimate of drug-likeness (QED) is 0.784. The second-order valence-electron chi connectivity index (χ2n) is 4.03. The highest BCUT2D eigenvalue weighted by Gasteiger charge is 2.20. The van der Waals surface area contributed by atoms with Crippen LogP contribution in [0.3, 0.4) is 0 Å². The van der Waals surface area contributed by atoms with E-state index in [2.05, 4.69) is 15.6 Å². The topological polar surface area (TPSA) is 77.8 Å². The monoisotopic (exact) mass is 230 g/mol. The van der Waals surface area contributed by atoms with Crippen molar-refractivity contribution in [3.05, 3.63) is 29.6 Å². The molecule has 1 amide bonds. The summed E-state index contributed by atoms with van der Waals surface area (Å²) in [5, 5.41) is 14.7. The molecule has 5 heteroatoms. The maximum absolute atomic E-state index is 11.5. The lowest BCUT2D eigenvalue weighted by molar-refractivity contribution is -0.124. The van der Waals surface area contributed by atoms with Gasteiger partial charge < -0.3 is 10.6 Å². The average molecular weight is 230 g/mol. The van der Waals surface area contributed by atoms with E-state index >= 15 is 0 Å². The van der Waals surface area contributed by atoms with Crippen molar-refractivity contribution in [2.24, 2.45) is 0 Å². The molecule has 17 heavy (non-hydrogen) atoms. The summed E-state index contributed by atoms with van der Waals surface area (Å²) in [5.41, 5.74) is 1.37. The number of nitrogens with one attached hydrogen (secondary N) is 2. The molecule has 0 radical (unpaired) electrons. The van der Waals surface area contributed by atoms with Crippen LogP contribution in [0.1, 0.15) is 24.1 Å². The molecule has 1 aromatic heterocycles. The molecule has 0 saturated carbocycles. The zero-order valence-electron chi connectivity index (χ0n) is 9.44. The summed E-state index contributed by atoms with van der Waals surface area (Å²) in [6.07, 6.45) is 3.47. The third kappa shape index (κ3) is 3.02. The Morgan fingerprint density at radius 1 is 1.65 bits per heavy atom. The second kappa shape index (κ2) is 5.41. The van der Waals surface area contributed by atoms with Crippen molar-refractivity contribution in [3.8, 4) is 6.07 Å². The number of aromatic nitrogens is 1. The minimum Gasteiger partial charge on any atom is -0.355 e. The minimum atomic E-state index is -0.123. The lowest BCUT2D eigenvalue weighted by Gasteiger charge is -2.22. The number of hydrogen-bond acceptors (Lipinski definition) is 4. The van der Waals surface area contributed by atoms with Crippen LogP contribution in [-0.2, 0) is 11.3 Å². The summed E-state index contributed by atoms with van der Waals surface area (Å²) >= 11 is 0. The molecule has 1 atom stereocenters. The van der Waals surface area contributed by atoms with E-state index in [1.54, 1.807) is 12.3 Å². The summed E-state index contributed by atoms with van der Waals surface area (Å²) in [5.74, 6) is 0.0609. The van der Waals surface area contributed by atoms with Crippen LogP contribution in [0.4, 0.5) is 0 Å². The smallest absolute Gasteiger partial charge is 0.237 e. The molecule has 2 heterocycles. The Hall–Kier alpha value is -1.93. The van der Waals surface area contributed by atoms with Crippen LogP contribution in [-0.4, -0.2) is 23.5 Å². The fourth-order valence-electron chi connectivity index (χ4n) is 1.85. The van der Waals surface area contributed by atoms with Crippen molar-refractivity contribution >= 4 is 5.91 Å². The predicted octanol–water partition coefficient (Wildman–Crippen LogP) is 0.321. The number of pyridine rings is 1. The van der Waals surface area contributed by atoms with Crippen LogP contribution in [0.5, 0.6) is 0 Å². The first-order chi connectivity index (χ1) is 8.29. The second-order valence-corrected chi connectivity index (χ2v) is 4.03. The van der Waals surface area contributed by atoms with Gasteiger partial charge in [-0.25, -0.2) is 4.98 Å². The molecule has 88 valence electrons. The maximum Gasteiger partial charge on any atom is 0.237 e. The highest BCUT2D eigenvalue weighted by Crippen LogP contribution is 2.05. The number of carbonyl (C=O) groups is 1. The first-order valence-corrected chi connectivity index (χ1v) is 5.66. The van der Waals surface area contributed by atoms with Gasteiger partial charge in [0.2, 0.25) is 5.91 Å². The van der Waals surface area contributed by atoms with Crippen LogP contribution >= 0.6 is 0 Å². The number of piperidine rings is 1. The van der Waals surface area contributed by atoms with Gasteiger partial charge in [-0.1, -0.05) is 0 Å². The SMILES string of the molecule is N#Cc1cc(CNC2CCCNC2=O)ccn1. The molecular weight excluding hydrogens is 216 g/mol. The van der Waals surface area contributed by atoms with Crippen molar-refractivity contribution < 1.29 is 4.79 Å². The molecule has 1 aliphatic rings. The summed E-state index contributed by atoms with van der Waals surface area (Å²) in [6, 6.07) is 5.44. The lowest BCUT2D eigenvalue weighted by Crippen LogP contribution is -2.47. The Morgan fingerprint density at radius 3 is 3.29 bits per heavy atom. The summed E-state index contributed by atoms with van der Waals surface area (Å²) < 4.78 is 0. The Bertz CT molecular complexity index is 452. The predicted molar refractivity (Wildman–Crippen MR) is 61.8 cm³/mol. The average Bonchev–Trinajstić information content (AvgIpc) is 2.38. The molecule has 0 bridgehead atoms. The van der Waals surface area contributed by atoms with Crippen LogP contribution < -0.4 is 10.6 Å². The molecule has 1 unspecified atom stereocenters. The molecule has 2 N–H and O–H groups in total. The normalized spacial score (nSPS) is 19.5. The minimum absolute atomic E-state index is 0.0609. The van der Waals surface area contributed by atoms with Gasteiger partial charge in [0, 0.05) is 19.3 Å².